The van der Waals surface area contributed by atoms with Crippen molar-refractivity contribution in [1.82, 2.24) is 0 Å². The maximum Gasteiger partial charge on any atom is 0.330 e. The lowest BCUT2D eigenvalue weighted by Gasteiger charge is -1.98. The second-order valence-corrected chi connectivity index (χ2v) is 4.83. The van der Waals surface area contributed by atoms with Gasteiger partial charge in [-0.3, -0.25) is 0 Å². The molecule has 0 N–H and O–H groups in total. The molecular weight excluding hydrogens is 248 g/mol. The number of ether oxygens (including phenoxy) is 1. The van der Waals surface area contributed by atoms with E-state index in [4.69, 9.17) is 4.74 Å². The van der Waals surface area contributed by atoms with Gasteiger partial charge in [0.15, 0.2) is 0 Å². The highest BCUT2D eigenvalue weighted by molar-refractivity contribution is 5.82. The second kappa shape index (κ2) is 15.7. The summed E-state index contributed by atoms with van der Waals surface area (Å²) in [4.78, 5) is 11.0. The minimum absolute atomic E-state index is 0.288. The standard InChI is InChI=1S/C18H30O2/c1-3-5-6-7-8-9-10-11-12-13-14-15-16-17-18(19)20-4-2/h12-17H,3-11H2,1-2H3/b13-12+,15-14+,17-16+. The van der Waals surface area contributed by atoms with Crippen LogP contribution in [0.5, 0.6) is 0 Å². The van der Waals surface area contributed by atoms with Crippen LogP contribution in [-0.2, 0) is 9.53 Å². The van der Waals surface area contributed by atoms with Crippen LogP contribution in [-0.4, -0.2) is 12.6 Å². The first-order chi connectivity index (χ1) is 9.81. The SMILES string of the molecule is CCCCCCCCC/C=C/C=C/C=C/C(=O)OCC. The zero-order chi connectivity index (χ0) is 14.9. The van der Waals surface area contributed by atoms with E-state index >= 15 is 0 Å². The summed E-state index contributed by atoms with van der Waals surface area (Å²) in [5, 5.41) is 0. The molecule has 0 aromatic heterocycles. The van der Waals surface area contributed by atoms with E-state index in [0.717, 1.165) is 6.42 Å². The number of rotatable bonds is 12. The van der Waals surface area contributed by atoms with E-state index < -0.39 is 0 Å². The van der Waals surface area contributed by atoms with Crippen molar-refractivity contribution in [2.24, 2.45) is 0 Å². The fourth-order valence-electron chi connectivity index (χ4n) is 1.85. The molecule has 0 rings (SSSR count). The molecule has 0 aliphatic heterocycles. The number of carbonyl (C=O) groups is 1. The van der Waals surface area contributed by atoms with Gasteiger partial charge in [0.2, 0.25) is 0 Å². The average Bonchev–Trinajstić information content (AvgIpc) is 2.44. The Morgan fingerprint density at radius 2 is 1.50 bits per heavy atom. The fourth-order valence-corrected chi connectivity index (χ4v) is 1.85. The molecule has 0 saturated carbocycles. The van der Waals surface area contributed by atoms with Crippen molar-refractivity contribution in [2.45, 2.75) is 65.2 Å². The highest BCUT2D eigenvalue weighted by Crippen LogP contribution is 2.08. The lowest BCUT2D eigenvalue weighted by Crippen LogP contribution is -1.98. The van der Waals surface area contributed by atoms with Crippen molar-refractivity contribution in [1.29, 1.82) is 0 Å². The van der Waals surface area contributed by atoms with Crippen LogP contribution >= 0.6 is 0 Å². The highest BCUT2D eigenvalue weighted by Gasteiger charge is 1.90. The lowest BCUT2D eigenvalue weighted by atomic mass is 10.1. The Balaban J connectivity index is 3.41. The number of hydrogen-bond donors (Lipinski definition) is 0. The molecule has 20 heavy (non-hydrogen) atoms. The maximum atomic E-state index is 11.0. The van der Waals surface area contributed by atoms with E-state index in [1.54, 1.807) is 13.0 Å². The average molecular weight is 278 g/mol. The largest absolute Gasteiger partial charge is 0.463 e. The van der Waals surface area contributed by atoms with E-state index in [0.29, 0.717) is 6.61 Å². The first-order valence-corrected chi connectivity index (χ1v) is 7.97. The van der Waals surface area contributed by atoms with Crippen LogP contribution in [0.15, 0.2) is 36.5 Å². The van der Waals surface area contributed by atoms with Gasteiger partial charge in [-0.2, -0.15) is 0 Å². The third-order valence-corrected chi connectivity index (χ3v) is 2.96. The number of hydrogen-bond acceptors (Lipinski definition) is 2. The van der Waals surface area contributed by atoms with Crippen LogP contribution in [0.2, 0.25) is 0 Å². The first-order valence-electron chi connectivity index (χ1n) is 7.97. The topological polar surface area (TPSA) is 26.3 Å². The van der Waals surface area contributed by atoms with Gasteiger partial charge in [-0.1, -0.05) is 75.8 Å². The molecule has 0 aromatic rings. The van der Waals surface area contributed by atoms with Crippen LogP contribution in [0.1, 0.15) is 65.2 Å². The summed E-state index contributed by atoms with van der Waals surface area (Å²) in [5.41, 5.74) is 0. The summed E-state index contributed by atoms with van der Waals surface area (Å²) < 4.78 is 4.77. The molecule has 114 valence electrons. The van der Waals surface area contributed by atoms with Gasteiger partial charge in [0.05, 0.1) is 6.61 Å². The van der Waals surface area contributed by atoms with Crippen LogP contribution in [0, 0.1) is 0 Å². The Hall–Kier alpha value is -1.31. The number of esters is 1. The van der Waals surface area contributed by atoms with Gasteiger partial charge in [-0.05, 0) is 19.8 Å². The summed E-state index contributed by atoms with van der Waals surface area (Å²) >= 11 is 0. The zero-order valence-corrected chi connectivity index (χ0v) is 13.1. The number of carbonyl (C=O) groups excluding carboxylic acids is 1. The van der Waals surface area contributed by atoms with E-state index in [1.807, 2.05) is 18.2 Å². The molecule has 0 aromatic carbocycles. The molecule has 0 radical (unpaired) electrons. The van der Waals surface area contributed by atoms with Crippen LogP contribution in [0.3, 0.4) is 0 Å². The second-order valence-electron chi connectivity index (χ2n) is 4.83. The zero-order valence-electron chi connectivity index (χ0n) is 13.1. The number of unbranched alkanes of at least 4 members (excludes halogenated alkanes) is 7. The van der Waals surface area contributed by atoms with Crippen molar-refractivity contribution < 1.29 is 9.53 Å². The van der Waals surface area contributed by atoms with Crippen molar-refractivity contribution in [3.8, 4) is 0 Å². The summed E-state index contributed by atoms with van der Waals surface area (Å²) in [6, 6.07) is 0. The predicted molar refractivity (Wildman–Crippen MR) is 86.7 cm³/mol. The maximum absolute atomic E-state index is 11.0. The van der Waals surface area contributed by atoms with Crippen molar-refractivity contribution in [3.05, 3.63) is 36.5 Å². The van der Waals surface area contributed by atoms with Crippen molar-refractivity contribution in [2.75, 3.05) is 6.61 Å². The van der Waals surface area contributed by atoms with Gasteiger partial charge < -0.3 is 4.74 Å². The van der Waals surface area contributed by atoms with Gasteiger partial charge in [-0.25, -0.2) is 4.79 Å². The molecule has 0 saturated heterocycles. The summed E-state index contributed by atoms with van der Waals surface area (Å²) in [7, 11) is 0. The summed E-state index contributed by atoms with van der Waals surface area (Å²) in [5.74, 6) is -0.288. The molecule has 0 aliphatic rings. The van der Waals surface area contributed by atoms with Gasteiger partial charge in [0, 0.05) is 6.08 Å². The van der Waals surface area contributed by atoms with E-state index in [9.17, 15) is 4.79 Å². The van der Waals surface area contributed by atoms with Gasteiger partial charge in [-0.15, -0.1) is 0 Å². The van der Waals surface area contributed by atoms with E-state index in [-0.39, 0.29) is 5.97 Å². The Kier molecular flexibility index (Phi) is 14.7. The van der Waals surface area contributed by atoms with Gasteiger partial charge in [0.25, 0.3) is 0 Å². The molecule has 0 bridgehead atoms. The highest BCUT2D eigenvalue weighted by atomic mass is 16.5. The third-order valence-electron chi connectivity index (χ3n) is 2.96. The van der Waals surface area contributed by atoms with E-state index in [1.165, 1.54) is 51.0 Å². The van der Waals surface area contributed by atoms with Gasteiger partial charge in [0.1, 0.15) is 0 Å². The minimum Gasteiger partial charge on any atom is -0.463 e. The molecule has 0 aliphatic carbocycles. The molecule has 0 fully saturated rings. The van der Waals surface area contributed by atoms with E-state index in [2.05, 4.69) is 13.0 Å². The van der Waals surface area contributed by atoms with Crippen LogP contribution in [0.25, 0.3) is 0 Å². The molecule has 0 unspecified atom stereocenters. The number of allylic oxidation sites excluding steroid dienone is 5. The van der Waals surface area contributed by atoms with Crippen LogP contribution in [0.4, 0.5) is 0 Å². The first kappa shape index (κ1) is 18.7. The Morgan fingerprint density at radius 1 is 0.850 bits per heavy atom. The molecule has 0 spiro atoms. The summed E-state index contributed by atoms with van der Waals surface area (Å²) in [6.07, 6.45) is 21.7. The minimum atomic E-state index is -0.288. The molecule has 0 heterocycles. The quantitative estimate of drug-likeness (QED) is 0.208. The van der Waals surface area contributed by atoms with Gasteiger partial charge >= 0.3 is 5.97 Å². The molecule has 0 atom stereocenters. The van der Waals surface area contributed by atoms with Crippen LogP contribution < -0.4 is 0 Å². The van der Waals surface area contributed by atoms with Crippen molar-refractivity contribution >= 4 is 5.97 Å². The molecule has 2 nitrogen and oxygen atoms in total. The fraction of sp³-hybridized carbons (Fsp3) is 0.611. The molecule has 2 heteroatoms. The Labute approximate surface area is 124 Å². The smallest absolute Gasteiger partial charge is 0.330 e. The summed E-state index contributed by atoms with van der Waals surface area (Å²) in [6.45, 7) is 4.47. The Morgan fingerprint density at radius 3 is 2.20 bits per heavy atom. The molecular formula is C18H30O2. The third kappa shape index (κ3) is 14.7. The predicted octanol–water partition coefficient (Wildman–Crippen LogP) is 5.36. The Bertz CT molecular complexity index is 301. The normalized spacial score (nSPS) is 11.9. The molecule has 0 amide bonds. The monoisotopic (exact) mass is 278 g/mol. The van der Waals surface area contributed by atoms with Crippen molar-refractivity contribution in [3.63, 3.8) is 0 Å². The lowest BCUT2D eigenvalue weighted by molar-refractivity contribution is -0.137.